The zero-order valence-corrected chi connectivity index (χ0v) is 48.7. The zero-order valence-electron chi connectivity index (χ0n) is 47.1. The lowest BCUT2D eigenvalue weighted by Crippen LogP contribution is -2.59. The molecule has 4 unspecified atom stereocenters. The number of alkyl halides is 4. The van der Waals surface area contributed by atoms with Crippen molar-refractivity contribution in [3.8, 4) is 33.5 Å². The average molecular weight is 1200 g/mol. The molecule has 7 heterocycles. The molecular formula is C58H71ClF5N11O7S. The molecule has 4 aliphatic heterocycles. The number of nitrogens with two attached hydrogens (primary N) is 1. The van der Waals surface area contributed by atoms with Crippen LogP contribution in [0.4, 0.5) is 33.6 Å². The summed E-state index contributed by atoms with van der Waals surface area (Å²) in [4.78, 5) is 64.9. The number of pyridine rings is 1. The number of piperazine rings is 1. The molecule has 1 aliphatic carbocycles. The van der Waals surface area contributed by atoms with Crippen LogP contribution in [-0.2, 0) is 31.8 Å². The van der Waals surface area contributed by atoms with Crippen LogP contribution in [0.3, 0.4) is 0 Å². The number of β-amino-alcohol motifs (C(OH)–C–C–N with tert-alkyl or cyclic N) is 1. The van der Waals surface area contributed by atoms with E-state index < -0.39 is 75.8 Å². The second kappa shape index (κ2) is 24.5. The number of halogens is 6. The van der Waals surface area contributed by atoms with Gasteiger partial charge in [-0.05, 0) is 100 Å². The number of aryl methyl sites for hydroxylation is 2. The van der Waals surface area contributed by atoms with Crippen molar-refractivity contribution >= 4 is 63.2 Å². The normalized spacial score (nSPS) is 21.9. The van der Waals surface area contributed by atoms with Crippen molar-refractivity contribution in [2.45, 2.75) is 147 Å². The van der Waals surface area contributed by atoms with E-state index in [0.717, 1.165) is 60.8 Å². The number of nitrogen functional groups attached to an aromatic ring is 1. The molecule has 448 valence electrons. The number of nitrogens with one attached hydrogen (secondary N) is 3. The minimum atomic E-state index is -4.89. The van der Waals surface area contributed by atoms with Gasteiger partial charge in [0.2, 0.25) is 11.8 Å². The number of aromatic nitrogens is 4. The first-order valence-electron chi connectivity index (χ1n) is 28.4. The lowest BCUT2D eigenvalue weighted by Gasteiger charge is -2.35. The number of ether oxygens (including phenoxy) is 3. The van der Waals surface area contributed by atoms with Crippen molar-refractivity contribution < 1.29 is 55.7 Å². The van der Waals surface area contributed by atoms with E-state index in [-0.39, 0.29) is 90.4 Å². The van der Waals surface area contributed by atoms with Crippen LogP contribution in [0.15, 0.2) is 35.8 Å². The number of anilines is 2. The topological polar surface area (TPSA) is 223 Å². The predicted octanol–water partition coefficient (Wildman–Crippen LogP) is 8.10. The third kappa shape index (κ3) is 13.4. The van der Waals surface area contributed by atoms with Crippen LogP contribution in [-0.4, -0.2) is 154 Å². The molecule has 5 aromatic rings. The average Bonchev–Trinajstić information content (AvgIpc) is 2.10. The SMILES string of the molecule is Cc1cc(N)nc(-c2c(Cl)cc3c(N4CC5CCC(C4)N5)nc(OC[C@@H]4CCCN4CCCOCCCOc4cc(-c5scnc5C)ccc4CNC(=O)C4CC(O)CN4C(=O)[C@H](NC(=O)C4(F)CC4)C(C)(C)C)nc3c2F)c1C(F)(F)F. The number of amides is 3. The predicted molar refractivity (Wildman–Crippen MR) is 304 cm³/mol. The van der Waals surface area contributed by atoms with Gasteiger partial charge in [-0.3, -0.25) is 19.3 Å². The molecule has 0 spiro atoms. The maximum absolute atomic E-state index is 17.0. The standard InChI is InChI=1S/C58H71ClF5N11O7S/c1-31-21-43(65)69-48(45(31)58(62,63)64)44-40(59)24-39-47(46(44)60)70-55(72-51(39)74-26-35-12-13-36(27-74)68-35)82-29-37-9-6-16-73(37)17-7-18-80-19-8-20-81-42-22-33(49-32(2)67-30-83-49)10-11-34(42)25-66-52(77)41-23-38(76)28-75(41)53(78)50(56(3,4)5)71-54(79)57(61)14-15-57/h10-11,21-22,24,30,35-38,41,50,68,76H,6-9,12-20,23,25-29H2,1-5H3,(H2,65,69)(H,66,77)(H,71,79)/t35?,36?,37-,38?,41?,50-/m0/s1. The van der Waals surface area contributed by atoms with Gasteiger partial charge in [-0.15, -0.1) is 11.3 Å². The van der Waals surface area contributed by atoms with Gasteiger partial charge in [-0.25, -0.2) is 18.7 Å². The highest BCUT2D eigenvalue weighted by atomic mass is 35.5. The van der Waals surface area contributed by atoms with Gasteiger partial charge in [0.1, 0.15) is 41.6 Å². The fourth-order valence-electron chi connectivity index (χ4n) is 11.8. The quantitative estimate of drug-likeness (QED) is 0.0346. The summed E-state index contributed by atoms with van der Waals surface area (Å²) in [5, 5.41) is 19.8. The summed E-state index contributed by atoms with van der Waals surface area (Å²) in [5.41, 5.74) is 4.40. The molecule has 25 heteroatoms. The Kier molecular flexibility index (Phi) is 17.7. The number of hydrogen-bond donors (Lipinski definition) is 5. The first kappa shape index (κ1) is 60.1. The monoisotopic (exact) mass is 1200 g/mol. The summed E-state index contributed by atoms with van der Waals surface area (Å²) < 4.78 is 94.0. The smallest absolute Gasteiger partial charge is 0.418 e. The second-order valence-electron chi connectivity index (χ2n) is 23.7. The molecule has 1 saturated carbocycles. The number of carbonyl (C=O) groups excluding carboxylic acids is 3. The van der Waals surface area contributed by atoms with Gasteiger partial charge < -0.3 is 50.8 Å². The molecule has 6 N–H and O–H groups in total. The number of likely N-dealkylation sites (tertiary alicyclic amines) is 2. The fourth-order valence-corrected chi connectivity index (χ4v) is 12.9. The first-order chi connectivity index (χ1) is 39.4. The molecule has 0 radical (unpaired) electrons. The van der Waals surface area contributed by atoms with Gasteiger partial charge in [-0.2, -0.15) is 23.1 Å². The summed E-state index contributed by atoms with van der Waals surface area (Å²) in [7, 11) is 0. The number of thiazole rings is 1. The van der Waals surface area contributed by atoms with Crippen LogP contribution in [0.2, 0.25) is 5.02 Å². The summed E-state index contributed by atoms with van der Waals surface area (Å²) in [6.45, 7) is 12.4. The number of benzene rings is 2. The van der Waals surface area contributed by atoms with Gasteiger partial charge in [0.25, 0.3) is 5.91 Å². The van der Waals surface area contributed by atoms with Gasteiger partial charge in [0.15, 0.2) is 11.5 Å². The number of rotatable bonds is 21. The van der Waals surface area contributed by atoms with E-state index in [1.807, 2.05) is 30.0 Å². The molecule has 3 amide bonds. The lowest BCUT2D eigenvalue weighted by atomic mass is 9.85. The molecule has 10 rings (SSSR count). The Balaban J connectivity index is 0.743. The summed E-state index contributed by atoms with van der Waals surface area (Å²) in [5.74, 6) is -2.30. The van der Waals surface area contributed by atoms with Crippen molar-refractivity contribution in [3.05, 3.63) is 69.1 Å². The number of fused-ring (bicyclic) bond motifs is 3. The Morgan fingerprint density at radius 3 is 2.43 bits per heavy atom. The summed E-state index contributed by atoms with van der Waals surface area (Å²) >= 11 is 8.20. The third-order valence-corrected chi connectivity index (χ3v) is 17.6. The Bertz CT molecular complexity index is 3220. The minimum Gasteiger partial charge on any atom is -0.493 e. The van der Waals surface area contributed by atoms with Crippen LogP contribution < -0.4 is 36.1 Å². The van der Waals surface area contributed by atoms with Crippen molar-refractivity contribution in [2.24, 2.45) is 5.41 Å². The Morgan fingerprint density at radius 1 is 0.988 bits per heavy atom. The lowest BCUT2D eigenvalue weighted by molar-refractivity contribution is -0.145. The number of carbonyl (C=O) groups is 3. The molecule has 2 bridgehead atoms. The molecule has 83 heavy (non-hydrogen) atoms. The molecule has 6 atom stereocenters. The van der Waals surface area contributed by atoms with E-state index in [2.05, 4.69) is 35.8 Å². The number of aliphatic hydroxyl groups is 1. The Hall–Kier alpha value is -6.05. The molecular weight excluding hydrogens is 1130 g/mol. The second-order valence-corrected chi connectivity index (χ2v) is 24.9. The molecule has 5 fully saturated rings. The van der Waals surface area contributed by atoms with Crippen LogP contribution in [0.1, 0.15) is 101 Å². The van der Waals surface area contributed by atoms with Crippen molar-refractivity contribution in [1.29, 1.82) is 0 Å². The largest absolute Gasteiger partial charge is 0.493 e. The van der Waals surface area contributed by atoms with E-state index in [0.29, 0.717) is 63.0 Å². The van der Waals surface area contributed by atoms with Crippen LogP contribution in [0.25, 0.3) is 32.6 Å². The Labute approximate surface area is 487 Å². The van der Waals surface area contributed by atoms with Crippen LogP contribution in [0.5, 0.6) is 11.8 Å². The highest BCUT2D eigenvalue weighted by Crippen LogP contribution is 2.46. The number of nitrogens with zero attached hydrogens (tertiary/aromatic N) is 7. The van der Waals surface area contributed by atoms with Gasteiger partial charge >= 0.3 is 12.2 Å². The molecule has 5 aliphatic rings. The van der Waals surface area contributed by atoms with E-state index >= 15 is 4.39 Å². The highest BCUT2D eigenvalue weighted by molar-refractivity contribution is 7.13. The molecule has 2 aromatic carbocycles. The van der Waals surface area contributed by atoms with E-state index in [1.165, 1.54) is 29.2 Å². The zero-order chi connectivity index (χ0) is 59.1. The van der Waals surface area contributed by atoms with E-state index in [1.54, 1.807) is 26.3 Å². The number of aliphatic hydroxyl groups excluding tert-OH is 1. The highest BCUT2D eigenvalue weighted by Gasteiger charge is 2.53. The Morgan fingerprint density at radius 2 is 1.73 bits per heavy atom. The maximum atomic E-state index is 17.0. The molecule has 18 nitrogen and oxygen atoms in total. The van der Waals surface area contributed by atoms with Gasteiger partial charge in [-0.1, -0.05) is 44.5 Å². The van der Waals surface area contributed by atoms with E-state index in [4.69, 9.17) is 36.5 Å². The first-order valence-corrected chi connectivity index (χ1v) is 29.6. The third-order valence-electron chi connectivity index (χ3n) is 16.3. The van der Waals surface area contributed by atoms with E-state index in [9.17, 15) is 37.1 Å². The number of hydrogen-bond acceptors (Lipinski definition) is 16. The maximum Gasteiger partial charge on any atom is 0.418 e. The minimum absolute atomic E-state index is 0.00818. The molecule has 3 aromatic heterocycles. The van der Waals surface area contributed by atoms with Crippen molar-refractivity contribution in [3.63, 3.8) is 0 Å². The van der Waals surface area contributed by atoms with Gasteiger partial charge in [0, 0.05) is 87.9 Å². The summed E-state index contributed by atoms with van der Waals surface area (Å²) in [6, 6.07) is 6.27. The molecule has 4 saturated heterocycles. The summed E-state index contributed by atoms with van der Waals surface area (Å²) in [6.07, 6.45) is -0.773. The van der Waals surface area contributed by atoms with Crippen LogP contribution >= 0.6 is 22.9 Å². The van der Waals surface area contributed by atoms with Crippen molar-refractivity contribution in [1.82, 2.24) is 45.7 Å². The van der Waals surface area contributed by atoms with Gasteiger partial charge in [0.05, 0.1) is 50.6 Å². The fraction of sp³-hybridized carbons (Fsp3) is 0.569. The van der Waals surface area contributed by atoms with Crippen molar-refractivity contribution in [2.75, 3.05) is 69.8 Å². The van der Waals surface area contributed by atoms with Crippen LogP contribution in [0, 0.1) is 25.1 Å².